The molecule has 2 rings (SSSR count). The van der Waals surface area contributed by atoms with Gasteiger partial charge >= 0.3 is 0 Å². The predicted octanol–water partition coefficient (Wildman–Crippen LogP) is 3.83. The molecule has 2 nitrogen and oxygen atoms in total. The molecule has 16 heavy (non-hydrogen) atoms. The van der Waals surface area contributed by atoms with Crippen LogP contribution < -0.4 is 4.90 Å². The lowest BCUT2D eigenvalue weighted by Gasteiger charge is -2.25. The van der Waals surface area contributed by atoms with E-state index in [9.17, 15) is 0 Å². The maximum atomic E-state index is 5.75. The van der Waals surface area contributed by atoms with E-state index in [4.69, 9.17) is 11.6 Å². The molecule has 1 aliphatic heterocycles. The number of alkyl halides is 1. The maximum absolute atomic E-state index is 5.75. The van der Waals surface area contributed by atoms with Gasteiger partial charge in [0.2, 0.25) is 0 Å². The van der Waals surface area contributed by atoms with Crippen LogP contribution in [0.5, 0.6) is 0 Å². The Balaban J connectivity index is 2.04. The van der Waals surface area contributed by atoms with Crippen LogP contribution in [0, 0.1) is 0 Å². The van der Waals surface area contributed by atoms with Crippen LogP contribution in [0.25, 0.3) is 0 Å². The topological polar surface area (TPSA) is 16.1 Å². The summed E-state index contributed by atoms with van der Waals surface area (Å²) in [5.74, 6) is 1.86. The molecule has 0 saturated carbocycles. The number of pyridine rings is 1. The van der Waals surface area contributed by atoms with Gasteiger partial charge in [0.15, 0.2) is 0 Å². The van der Waals surface area contributed by atoms with Crippen LogP contribution in [0.2, 0.25) is 0 Å². The monoisotopic (exact) mass is 302 g/mol. The van der Waals surface area contributed by atoms with Crippen molar-refractivity contribution >= 4 is 33.3 Å². The fourth-order valence-electron chi connectivity index (χ4n) is 2.29. The zero-order valence-electron chi connectivity index (χ0n) is 9.20. The van der Waals surface area contributed by atoms with Crippen LogP contribution in [0.15, 0.2) is 22.8 Å². The summed E-state index contributed by atoms with van der Waals surface area (Å²) >= 11 is 9.17. The number of aromatic nitrogens is 1. The van der Waals surface area contributed by atoms with Gasteiger partial charge in [0, 0.05) is 29.1 Å². The molecule has 1 unspecified atom stereocenters. The molecule has 1 saturated heterocycles. The Bertz CT molecular complexity index is 328. The number of hydrogen-bond acceptors (Lipinski definition) is 2. The number of hydrogen-bond donors (Lipinski definition) is 0. The van der Waals surface area contributed by atoms with Gasteiger partial charge in [0.25, 0.3) is 0 Å². The first-order valence-electron chi connectivity index (χ1n) is 5.75. The van der Waals surface area contributed by atoms with Crippen LogP contribution >= 0.6 is 27.5 Å². The molecule has 0 spiro atoms. The second kappa shape index (κ2) is 5.87. The van der Waals surface area contributed by atoms with Crippen LogP contribution in [0.4, 0.5) is 5.82 Å². The number of anilines is 1. The average molecular weight is 304 g/mol. The zero-order chi connectivity index (χ0) is 11.4. The fraction of sp³-hybridized carbons (Fsp3) is 0.583. The van der Waals surface area contributed by atoms with E-state index in [1.54, 1.807) is 0 Å². The normalized spacial score (nSPS) is 20.4. The summed E-state index contributed by atoms with van der Waals surface area (Å²) in [5, 5.41) is 0. The molecule has 1 atom stereocenters. The minimum atomic E-state index is 0.632. The van der Waals surface area contributed by atoms with E-state index in [1.807, 2.05) is 6.20 Å². The van der Waals surface area contributed by atoms with E-state index >= 15 is 0 Å². The van der Waals surface area contributed by atoms with Gasteiger partial charge < -0.3 is 4.90 Å². The van der Waals surface area contributed by atoms with Gasteiger partial charge in [-0.25, -0.2) is 4.98 Å². The van der Waals surface area contributed by atoms with E-state index in [1.165, 1.54) is 19.3 Å². The van der Waals surface area contributed by atoms with Crippen molar-refractivity contribution in [3.63, 3.8) is 0 Å². The molecular weight excluding hydrogens is 288 g/mol. The highest BCUT2D eigenvalue weighted by molar-refractivity contribution is 9.10. The Labute approximate surface area is 110 Å². The molecular formula is C12H16BrClN2. The van der Waals surface area contributed by atoms with E-state index in [-0.39, 0.29) is 0 Å². The first-order valence-corrected chi connectivity index (χ1v) is 7.08. The predicted molar refractivity (Wildman–Crippen MR) is 72.3 cm³/mol. The molecule has 2 heterocycles. The molecule has 0 radical (unpaired) electrons. The smallest absolute Gasteiger partial charge is 0.128 e. The molecule has 0 aliphatic carbocycles. The third kappa shape index (κ3) is 2.89. The van der Waals surface area contributed by atoms with E-state index < -0.39 is 0 Å². The highest BCUT2D eigenvalue weighted by Gasteiger charge is 2.24. The van der Waals surface area contributed by atoms with Gasteiger partial charge in [-0.2, -0.15) is 0 Å². The van der Waals surface area contributed by atoms with Crippen molar-refractivity contribution in [2.45, 2.75) is 31.7 Å². The standard InChI is InChI=1S/C12H16BrClN2/c13-10-5-6-12(15-9-10)16-8-2-4-11(16)3-1-7-14/h5-6,9,11H,1-4,7-8H2. The maximum Gasteiger partial charge on any atom is 0.128 e. The van der Waals surface area contributed by atoms with Crippen LogP contribution in [-0.2, 0) is 0 Å². The van der Waals surface area contributed by atoms with Crippen molar-refractivity contribution in [1.82, 2.24) is 4.98 Å². The minimum Gasteiger partial charge on any atom is -0.354 e. The van der Waals surface area contributed by atoms with Crippen molar-refractivity contribution in [2.24, 2.45) is 0 Å². The van der Waals surface area contributed by atoms with Gasteiger partial charge in [-0.3, -0.25) is 0 Å². The van der Waals surface area contributed by atoms with Crippen molar-refractivity contribution < 1.29 is 0 Å². The van der Waals surface area contributed by atoms with E-state index in [2.05, 4.69) is 37.9 Å². The number of halogens is 2. The molecule has 88 valence electrons. The Morgan fingerprint density at radius 1 is 1.50 bits per heavy atom. The first kappa shape index (κ1) is 12.2. The highest BCUT2D eigenvalue weighted by atomic mass is 79.9. The molecule has 1 fully saturated rings. The Hall–Kier alpha value is -0.280. The van der Waals surface area contributed by atoms with Gasteiger partial charge in [0.1, 0.15) is 5.82 Å². The highest BCUT2D eigenvalue weighted by Crippen LogP contribution is 2.27. The molecule has 0 N–H and O–H groups in total. The van der Waals surface area contributed by atoms with Gasteiger partial charge in [-0.05, 0) is 53.7 Å². The lowest BCUT2D eigenvalue weighted by Crippen LogP contribution is -2.29. The molecule has 0 amide bonds. The van der Waals surface area contributed by atoms with Crippen molar-refractivity contribution in [3.8, 4) is 0 Å². The van der Waals surface area contributed by atoms with Crippen molar-refractivity contribution in [1.29, 1.82) is 0 Å². The Morgan fingerprint density at radius 3 is 3.06 bits per heavy atom. The van der Waals surface area contributed by atoms with Crippen LogP contribution in [0.1, 0.15) is 25.7 Å². The lowest BCUT2D eigenvalue weighted by atomic mass is 10.1. The third-order valence-corrected chi connectivity index (χ3v) is 3.79. The first-order chi connectivity index (χ1) is 7.81. The molecule has 1 aromatic heterocycles. The van der Waals surface area contributed by atoms with Crippen LogP contribution in [0.3, 0.4) is 0 Å². The molecule has 4 heteroatoms. The summed E-state index contributed by atoms with van der Waals surface area (Å²) in [7, 11) is 0. The molecule has 0 bridgehead atoms. The Kier molecular flexibility index (Phi) is 4.47. The lowest BCUT2D eigenvalue weighted by molar-refractivity contribution is 0.598. The van der Waals surface area contributed by atoms with Gasteiger partial charge in [-0.1, -0.05) is 0 Å². The summed E-state index contributed by atoms with van der Waals surface area (Å²) < 4.78 is 1.03. The molecule has 1 aliphatic rings. The van der Waals surface area contributed by atoms with Gasteiger partial charge in [-0.15, -0.1) is 11.6 Å². The minimum absolute atomic E-state index is 0.632. The largest absolute Gasteiger partial charge is 0.354 e. The number of rotatable bonds is 4. The molecule has 0 aromatic carbocycles. The van der Waals surface area contributed by atoms with Crippen molar-refractivity contribution in [2.75, 3.05) is 17.3 Å². The quantitative estimate of drug-likeness (QED) is 0.786. The SMILES string of the molecule is ClCCCC1CCCN1c1ccc(Br)cn1. The number of nitrogens with zero attached hydrogens (tertiary/aromatic N) is 2. The molecule has 1 aromatic rings. The van der Waals surface area contributed by atoms with E-state index in [0.29, 0.717) is 6.04 Å². The zero-order valence-corrected chi connectivity index (χ0v) is 11.5. The Morgan fingerprint density at radius 2 is 2.38 bits per heavy atom. The summed E-state index contributed by atoms with van der Waals surface area (Å²) in [6.07, 6.45) is 6.69. The van der Waals surface area contributed by atoms with E-state index in [0.717, 1.165) is 29.1 Å². The summed E-state index contributed by atoms with van der Waals surface area (Å²) in [6.45, 7) is 1.13. The summed E-state index contributed by atoms with van der Waals surface area (Å²) in [6, 6.07) is 4.77. The fourth-order valence-corrected chi connectivity index (χ4v) is 2.68. The second-order valence-electron chi connectivity index (χ2n) is 4.16. The second-order valence-corrected chi connectivity index (χ2v) is 5.45. The average Bonchev–Trinajstić information content (AvgIpc) is 2.75. The van der Waals surface area contributed by atoms with Gasteiger partial charge in [0.05, 0.1) is 0 Å². The summed E-state index contributed by atoms with van der Waals surface area (Å²) in [5.41, 5.74) is 0. The third-order valence-electron chi connectivity index (χ3n) is 3.05. The van der Waals surface area contributed by atoms with Crippen molar-refractivity contribution in [3.05, 3.63) is 22.8 Å². The van der Waals surface area contributed by atoms with Crippen LogP contribution in [-0.4, -0.2) is 23.5 Å². The summed E-state index contributed by atoms with van der Waals surface area (Å²) in [4.78, 5) is 6.88.